The molecule has 1 aliphatic rings. The van der Waals surface area contributed by atoms with E-state index in [2.05, 4.69) is 10.1 Å². The molecule has 0 radical (unpaired) electrons. The predicted molar refractivity (Wildman–Crippen MR) is 85.8 cm³/mol. The number of pyridine rings is 1. The molecule has 3 heterocycles. The van der Waals surface area contributed by atoms with Crippen molar-refractivity contribution in [3.63, 3.8) is 0 Å². The second-order valence-corrected chi connectivity index (χ2v) is 5.87. The molecule has 0 saturated carbocycles. The standard InChI is InChI=1S/C16H15ClF2N4O2/c17-14-2-1-11(6-20-14)7-22(13-5-16(24)25-10-13)8-12-3-4-21-23(12)9-15(18)19/h1-6,15H,7-10H2. The van der Waals surface area contributed by atoms with Crippen molar-refractivity contribution in [2.24, 2.45) is 0 Å². The number of hydrogen-bond acceptors (Lipinski definition) is 5. The zero-order valence-corrected chi connectivity index (χ0v) is 13.9. The Morgan fingerprint density at radius 1 is 1.32 bits per heavy atom. The number of carbonyl (C=O) groups is 1. The van der Waals surface area contributed by atoms with Gasteiger partial charge in [-0.3, -0.25) is 4.68 Å². The summed E-state index contributed by atoms with van der Waals surface area (Å²) in [5, 5.41) is 4.31. The molecule has 0 fully saturated rings. The van der Waals surface area contributed by atoms with Crippen LogP contribution in [0, 0.1) is 0 Å². The van der Waals surface area contributed by atoms with E-state index in [1.165, 1.54) is 17.0 Å². The molecule has 0 N–H and O–H groups in total. The van der Waals surface area contributed by atoms with E-state index in [4.69, 9.17) is 16.3 Å². The molecule has 3 rings (SSSR count). The van der Waals surface area contributed by atoms with E-state index in [0.29, 0.717) is 29.6 Å². The van der Waals surface area contributed by atoms with E-state index in [1.807, 2.05) is 11.0 Å². The molecule has 0 bridgehead atoms. The van der Waals surface area contributed by atoms with Gasteiger partial charge in [0.25, 0.3) is 6.43 Å². The van der Waals surface area contributed by atoms with Gasteiger partial charge in [-0.25, -0.2) is 18.6 Å². The molecule has 2 aromatic rings. The molecule has 132 valence electrons. The minimum Gasteiger partial charge on any atom is -0.456 e. The summed E-state index contributed by atoms with van der Waals surface area (Å²) in [5.41, 5.74) is 2.15. The minimum atomic E-state index is -2.50. The van der Waals surface area contributed by atoms with Crippen LogP contribution in [0.25, 0.3) is 0 Å². The van der Waals surface area contributed by atoms with Crippen molar-refractivity contribution >= 4 is 17.6 Å². The third-order valence-electron chi connectivity index (χ3n) is 3.68. The number of ether oxygens (including phenoxy) is 1. The first-order valence-corrected chi connectivity index (χ1v) is 7.90. The van der Waals surface area contributed by atoms with Crippen LogP contribution in [0.1, 0.15) is 11.3 Å². The Morgan fingerprint density at radius 2 is 2.16 bits per heavy atom. The molecule has 9 heteroatoms. The van der Waals surface area contributed by atoms with Crippen LogP contribution < -0.4 is 0 Å². The Hall–Kier alpha value is -2.48. The number of aromatic nitrogens is 3. The molecule has 25 heavy (non-hydrogen) atoms. The maximum atomic E-state index is 12.7. The van der Waals surface area contributed by atoms with Crippen LogP contribution in [0.5, 0.6) is 0 Å². The van der Waals surface area contributed by atoms with Crippen molar-refractivity contribution in [3.8, 4) is 0 Å². The van der Waals surface area contributed by atoms with Gasteiger partial charge in [0.1, 0.15) is 18.3 Å². The van der Waals surface area contributed by atoms with Crippen LogP contribution in [0.2, 0.25) is 5.15 Å². The van der Waals surface area contributed by atoms with Gasteiger partial charge in [0.05, 0.1) is 17.9 Å². The molecule has 0 atom stereocenters. The van der Waals surface area contributed by atoms with Crippen LogP contribution in [-0.2, 0) is 29.2 Å². The fraction of sp³-hybridized carbons (Fsp3) is 0.312. The summed E-state index contributed by atoms with van der Waals surface area (Å²) in [6.45, 7) is 0.389. The van der Waals surface area contributed by atoms with Crippen LogP contribution in [0.4, 0.5) is 8.78 Å². The minimum absolute atomic E-state index is 0.142. The van der Waals surface area contributed by atoms with Crippen molar-refractivity contribution in [1.29, 1.82) is 0 Å². The van der Waals surface area contributed by atoms with Crippen LogP contribution in [0.3, 0.4) is 0 Å². The number of cyclic esters (lactones) is 1. The van der Waals surface area contributed by atoms with E-state index >= 15 is 0 Å². The summed E-state index contributed by atoms with van der Waals surface area (Å²) >= 11 is 5.80. The predicted octanol–water partition coefficient (Wildman–Crippen LogP) is 2.64. The van der Waals surface area contributed by atoms with Crippen molar-refractivity contribution in [2.45, 2.75) is 26.1 Å². The van der Waals surface area contributed by atoms with Crippen molar-refractivity contribution < 1.29 is 18.3 Å². The van der Waals surface area contributed by atoms with Gasteiger partial charge in [0.15, 0.2) is 0 Å². The highest BCUT2D eigenvalue weighted by Gasteiger charge is 2.21. The van der Waals surface area contributed by atoms with E-state index in [9.17, 15) is 13.6 Å². The van der Waals surface area contributed by atoms with Gasteiger partial charge in [-0.2, -0.15) is 5.10 Å². The lowest BCUT2D eigenvalue weighted by molar-refractivity contribution is -0.135. The molecule has 0 saturated heterocycles. The van der Waals surface area contributed by atoms with Crippen molar-refractivity contribution in [1.82, 2.24) is 19.7 Å². The highest BCUT2D eigenvalue weighted by atomic mass is 35.5. The van der Waals surface area contributed by atoms with Gasteiger partial charge in [-0.05, 0) is 17.7 Å². The molecule has 2 aromatic heterocycles. The lowest BCUT2D eigenvalue weighted by Gasteiger charge is -2.25. The number of rotatable bonds is 7. The lowest BCUT2D eigenvalue weighted by Crippen LogP contribution is -2.25. The number of nitrogens with zero attached hydrogens (tertiary/aromatic N) is 4. The fourth-order valence-corrected chi connectivity index (χ4v) is 2.62. The molecule has 0 unspecified atom stereocenters. The topological polar surface area (TPSA) is 60.2 Å². The van der Waals surface area contributed by atoms with Gasteiger partial charge >= 0.3 is 5.97 Å². The van der Waals surface area contributed by atoms with Crippen molar-refractivity contribution in [2.75, 3.05) is 6.61 Å². The third kappa shape index (κ3) is 4.54. The molecule has 0 amide bonds. The summed E-state index contributed by atoms with van der Waals surface area (Å²) < 4.78 is 31.6. The third-order valence-corrected chi connectivity index (χ3v) is 3.91. The largest absolute Gasteiger partial charge is 0.456 e. The van der Waals surface area contributed by atoms with E-state index in [-0.39, 0.29) is 6.61 Å². The molecular formula is C16H15ClF2N4O2. The zero-order chi connectivity index (χ0) is 17.8. The average molecular weight is 369 g/mol. The van der Waals surface area contributed by atoms with E-state index in [1.54, 1.807) is 18.3 Å². The number of esters is 1. The Bertz CT molecular complexity index is 777. The average Bonchev–Trinajstić information content (AvgIpc) is 3.18. The molecule has 1 aliphatic heterocycles. The quantitative estimate of drug-likeness (QED) is 0.555. The normalized spacial score (nSPS) is 13.9. The van der Waals surface area contributed by atoms with Crippen LogP contribution in [-0.4, -0.2) is 38.7 Å². The van der Waals surface area contributed by atoms with Gasteiger partial charge < -0.3 is 9.64 Å². The van der Waals surface area contributed by atoms with E-state index < -0.39 is 18.9 Å². The van der Waals surface area contributed by atoms with Crippen LogP contribution >= 0.6 is 11.6 Å². The Kier molecular flexibility index (Phi) is 5.28. The van der Waals surface area contributed by atoms with Gasteiger partial charge in [0, 0.05) is 25.0 Å². The lowest BCUT2D eigenvalue weighted by atomic mass is 10.2. The molecule has 0 aromatic carbocycles. The summed E-state index contributed by atoms with van der Waals surface area (Å²) in [6, 6.07) is 5.16. The Labute approximate surface area is 147 Å². The second kappa shape index (κ2) is 7.60. The highest BCUT2D eigenvalue weighted by Crippen LogP contribution is 2.20. The molecule has 6 nitrogen and oxygen atoms in total. The second-order valence-electron chi connectivity index (χ2n) is 5.48. The monoisotopic (exact) mass is 368 g/mol. The van der Waals surface area contributed by atoms with Gasteiger partial charge in [-0.1, -0.05) is 17.7 Å². The summed E-state index contributed by atoms with van der Waals surface area (Å²) in [4.78, 5) is 17.3. The molecular weight excluding hydrogens is 354 g/mol. The number of alkyl halides is 2. The maximum absolute atomic E-state index is 12.7. The first kappa shape index (κ1) is 17.3. The van der Waals surface area contributed by atoms with Crippen LogP contribution in [0.15, 0.2) is 42.4 Å². The van der Waals surface area contributed by atoms with Crippen molar-refractivity contribution in [3.05, 3.63) is 58.8 Å². The summed E-state index contributed by atoms with van der Waals surface area (Å²) in [6.07, 6.45) is 2.01. The van der Waals surface area contributed by atoms with E-state index in [0.717, 1.165) is 5.56 Å². The first-order valence-electron chi connectivity index (χ1n) is 7.53. The molecule has 0 spiro atoms. The summed E-state index contributed by atoms with van der Waals surface area (Å²) in [7, 11) is 0. The Morgan fingerprint density at radius 3 is 2.80 bits per heavy atom. The van der Waals surface area contributed by atoms with Gasteiger partial charge in [-0.15, -0.1) is 0 Å². The zero-order valence-electron chi connectivity index (χ0n) is 13.1. The first-order chi connectivity index (χ1) is 12.0. The fourth-order valence-electron chi connectivity index (χ4n) is 2.51. The number of halogens is 3. The molecule has 0 aliphatic carbocycles. The highest BCUT2D eigenvalue weighted by molar-refractivity contribution is 6.29. The maximum Gasteiger partial charge on any atom is 0.333 e. The Balaban J connectivity index is 1.81. The summed E-state index contributed by atoms with van der Waals surface area (Å²) in [5.74, 6) is -0.421. The SMILES string of the molecule is O=C1C=C(N(Cc2ccc(Cl)nc2)Cc2ccnn2CC(F)F)CO1. The number of carbonyl (C=O) groups excluding carboxylic acids is 1. The number of hydrogen-bond donors (Lipinski definition) is 0. The smallest absolute Gasteiger partial charge is 0.333 e. The van der Waals surface area contributed by atoms with Gasteiger partial charge in [0.2, 0.25) is 0 Å².